The molecule has 27 heavy (non-hydrogen) atoms. The standard InChI is InChI=1S/C23H26N2O2/c1-16-5-4-13-25(16)14-12-22-17(2)27-23(24-22)19-10-8-18(9-11-19)20-6-3-7-21(26)15-20/h3,6-11,15-16,26H,4-5,12-14H2,1-2H3/t16-/m1/s1. The van der Waals surface area contributed by atoms with Crippen molar-refractivity contribution < 1.29 is 9.52 Å². The minimum Gasteiger partial charge on any atom is -0.508 e. The van der Waals surface area contributed by atoms with Gasteiger partial charge in [-0.15, -0.1) is 0 Å². The number of benzene rings is 2. The Balaban J connectivity index is 1.48. The van der Waals surface area contributed by atoms with Crippen molar-refractivity contribution in [1.82, 2.24) is 9.88 Å². The van der Waals surface area contributed by atoms with Crippen LogP contribution in [0.1, 0.15) is 31.2 Å². The Labute approximate surface area is 160 Å². The smallest absolute Gasteiger partial charge is 0.226 e. The molecular weight excluding hydrogens is 336 g/mol. The number of aromatic nitrogens is 1. The number of aromatic hydroxyl groups is 1. The van der Waals surface area contributed by atoms with E-state index in [0.717, 1.165) is 41.1 Å². The molecule has 0 radical (unpaired) electrons. The van der Waals surface area contributed by atoms with Gasteiger partial charge in [0.05, 0.1) is 5.69 Å². The summed E-state index contributed by atoms with van der Waals surface area (Å²) >= 11 is 0. The van der Waals surface area contributed by atoms with E-state index in [-0.39, 0.29) is 5.75 Å². The fourth-order valence-electron chi connectivity index (χ4n) is 3.85. The number of hydrogen-bond acceptors (Lipinski definition) is 4. The highest BCUT2D eigenvalue weighted by molar-refractivity contribution is 5.68. The van der Waals surface area contributed by atoms with Crippen molar-refractivity contribution in [3.05, 3.63) is 60.0 Å². The highest BCUT2D eigenvalue weighted by atomic mass is 16.4. The second-order valence-corrected chi connectivity index (χ2v) is 7.43. The van der Waals surface area contributed by atoms with Gasteiger partial charge in [0.2, 0.25) is 5.89 Å². The molecule has 1 N–H and O–H groups in total. The van der Waals surface area contributed by atoms with E-state index >= 15 is 0 Å². The Kier molecular flexibility index (Phi) is 4.99. The number of oxazole rings is 1. The number of phenolic OH excluding ortho intramolecular Hbond substituents is 1. The number of nitrogens with zero attached hydrogens (tertiary/aromatic N) is 2. The topological polar surface area (TPSA) is 49.5 Å². The van der Waals surface area contributed by atoms with Crippen LogP contribution in [0.25, 0.3) is 22.6 Å². The number of likely N-dealkylation sites (tertiary alicyclic amines) is 1. The Morgan fingerprint density at radius 2 is 1.89 bits per heavy atom. The van der Waals surface area contributed by atoms with Crippen molar-refractivity contribution in [3.63, 3.8) is 0 Å². The fourth-order valence-corrected chi connectivity index (χ4v) is 3.85. The van der Waals surface area contributed by atoms with E-state index in [0.29, 0.717) is 11.9 Å². The van der Waals surface area contributed by atoms with Crippen LogP contribution in [0, 0.1) is 6.92 Å². The molecule has 4 nitrogen and oxygen atoms in total. The minimum atomic E-state index is 0.275. The van der Waals surface area contributed by atoms with Crippen molar-refractivity contribution in [2.75, 3.05) is 13.1 Å². The molecule has 0 aliphatic carbocycles. The summed E-state index contributed by atoms with van der Waals surface area (Å²) in [5, 5.41) is 9.66. The predicted molar refractivity (Wildman–Crippen MR) is 108 cm³/mol. The van der Waals surface area contributed by atoms with Crippen LogP contribution in [-0.2, 0) is 6.42 Å². The van der Waals surface area contributed by atoms with Crippen molar-refractivity contribution >= 4 is 0 Å². The molecule has 2 aromatic carbocycles. The molecule has 1 aliphatic heterocycles. The van der Waals surface area contributed by atoms with Gasteiger partial charge in [-0.1, -0.05) is 24.3 Å². The molecule has 1 atom stereocenters. The zero-order valence-corrected chi connectivity index (χ0v) is 16.0. The van der Waals surface area contributed by atoms with Gasteiger partial charge in [0.25, 0.3) is 0 Å². The summed E-state index contributed by atoms with van der Waals surface area (Å²) in [4.78, 5) is 7.29. The van der Waals surface area contributed by atoms with E-state index in [1.165, 1.54) is 19.4 Å². The van der Waals surface area contributed by atoms with Gasteiger partial charge in [0.1, 0.15) is 11.5 Å². The van der Waals surface area contributed by atoms with Gasteiger partial charge in [-0.3, -0.25) is 0 Å². The third-order valence-electron chi connectivity index (χ3n) is 5.53. The van der Waals surface area contributed by atoms with Crippen LogP contribution in [0.4, 0.5) is 0 Å². The maximum Gasteiger partial charge on any atom is 0.226 e. The number of hydrogen-bond donors (Lipinski definition) is 1. The van der Waals surface area contributed by atoms with Crippen molar-refractivity contribution in [1.29, 1.82) is 0 Å². The summed E-state index contributed by atoms with van der Waals surface area (Å²) in [6.45, 7) is 6.55. The van der Waals surface area contributed by atoms with E-state index in [4.69, 9.17) is 9.40 Å². The van der Waals surface area contributed by atoms with Gasteiger partial charge in [-0.2, -0.15) is 0 Å². The Bertz CT molecular complexity index is 914. The van der Waals surface area contributed by atoms with E-state index in [1.54, 1.807) is 12.1 Å². The van der Waals surface area contributed by atoms with Crippen LogP contribution in [0.3, 0.4) is 0 Å². The van der Waals surface area contributed by atoms with Crippen molar-refractivity contribution in [2.45, 2.75) is 39.2 Å². The summed E-state index contributed by atoms with van der Waals surface area (Å²) in [5.74, 6) is 1.87. The summed E-state index contributed by atoms with van der Waals surface area (Å²) < 4.78 is 5.94. The average Bonchev–Trinajstić information content (AvgIpc) is 3.25. The Morgan fingerprint density at radius 1 is 1.11 bits per heavy atom. The van der Waals surface area contributed by atoms with Crippen LogP contribution in [0.2, 0.25) is 0 Å². The van der Waals surface area contributed by atoms with Gasteiger partial charge in [0, 0.05) is 24.6 Å². The third kappa shape index (κ3) is 3.91. The summed E-state index contributed by atoms with van der Waals surface area (Å²) in [6.07, 6.45) is 3.53. The molecule has 1 saturated heterocycles. The summed E-state index contributed by atoms with van der Waals surface area (Å²) in [6, 6.07) is 16.1. The summed E-state index contributed by atoms with van der Waals surface area (Å²) in [5.41, 5.74) is 4.08. The van der Waals surface area contributed by atoms with Crippen LogP contribution < -0.4 is 0 Å². The highest BCUT2D eigenvalue weighted by Crippen LogP contribution is 2.28. The number of phenols is 1. The normalized spacial score (nSPS) is 17.5. The van der Waals surface area contributed by atoms with Gasteiger partial charge >= 0.3 is 0 Å². The molecule has 1 fully saturated rings. The van der Waals surface area contributed by atoms with Crippen LogP contribution in [-0.4, -0.2) is 34.1 Å². The fraction of sp³-hybridized carbons (Fsp3) is 0.348. The first kappa shape index (κ1) is 17.8. The van der Waals surface area contributed by atoms with Gasteiger partial charge in [0.15, 0.2) is 0 Å². The lowest BCUT2D eigenvalue weighted by molar-refractivity contribution is 0.271. The molecule has 0 bridgehead atoms. The monoisotopic (exact) mass is 362 g/mol. The molecule has 2 heterocycles. The number of rotatable bonds is 5. The molecule has 1 aliphatic rings. The van der Waals surface area contributed by atoms with Gasteiger partial charge in [-0.25, -0.2) is 4.98 Å². The molecule has 0 amide bonds. The van der Waals surface area contributed by atoms with Gasteiger partial charge in [-0.05, 0) is 68.6 Å². The number of aryl methyl sites for hydroxylation is 1. The minimum absolute atomic E-state index is 0.275. The lowest BCUT2D eigenvalue weighted by atomic mass is 10.0. The highest BCUT2D eigenvalue weighted by Gasteiger charge is 2.21. The van der Waals surface area contributed by atoms with E-state index in [2.05, 4.69) is 11.8 Å². The Hall–Kier alpha value is -2.59. The second-order valence-electron chi connectivity index (χ2n) is 7.43. The van der Waals surface area contributed by atoms with E-state index < -0.39 is 0 Å². The first-order chi connectivity index (χ1) is 13.1. The molecule has 0 unspecified atom stereocenters. The first-order valence-corrected chi connectivity index (χ1v) is 9.70. The maximum atomic E-state index is 9.66. The van der Waals surface area contributed by atoms with E-state index in [1.807, 2.05) is 43.3 Å². The largest absolute Gasteiger partial charge is 0.508 e. The van der Waals surface area contributed by atoms with Crippen LogP contribution in [0.5, 0.6) is 5.75 Å². The molecule has 4 rings (SSSR count). The lowest BCUT2D eigenvalue weighted by Gasteiger charge is -2.20. The van der Waals surface area contributed by atoms with Crippen LogP contribution >= 0.6 is 0 Å². The van der Waals surface area contributed by atoms with Crippen molar-refractivity contribution in [3.8, 4) is 28.3 Å². The average molecular weight is 362 g/mol. The molecule has 3 aromatic rings. The third-order valence-corrected chi connectivity index (χ3v) is 5.53. The molecular formula is C23H26N2O2. The lowest BCUT2D eigenvalue weighted by Crippen LogP contribution is -2.29. The molecule has 0 saturated carbocycles. The molecule has 140 valence electrons. The SMILES string of the molecule is Cc1oc(-c2ccc(-c3cccc(O)c3)cc2)nc1CCN1CCC[C@H]1C. The molecule has 1 aromatic heterocycles. The zero-order chi connectivity index (χ0) is 18.8. The first-order valence-electron chi connectivity index (χ1n) is 9.70. The van der Waals surface area contributed by atoms with E-state index in [9.17, 15) is 5.11 Å². The van der Waals surface area contributed by atoms with Crippen LogP contribution in [0.15, 0.2) is 52.9 Å². The summed E-state index contributed by atoms with van der Waals surface area (Å²) in [7, 11) is 0. The second kappa shape index (κ2) is 7.57. The quantitative estimate of drug-likeness (QED) is 0.690. The van der Waals surface area contributed by atoms with Gasteiger partial charge < -0.3 is 14.4 Å². The van der Waals surface area contributed by atoms with Crippen molar-refractivity contribution in [2.24, 2.45) is 0 Å². The molecule has 0 spiro atoms. The zero-order valence-electron chi connectivity index (χ0n) is 16.0. The Morgan fingerprint density at radius 3 is 2.59 bits per heavy atom. The molecule has 4 heteroatoms. The maximum absolute atomic E-state index is 9.66. The predicted octanol–water partition coefficient (Wildman–Crippen LogP) is 5.05.